The normalized spacial score (nSPS) is 28.2. The molecule has 3 aromatic rings. The van der Waals surface area contributed by atoms with Crippen molar-refractivity contribution in [3.05, 3.63) is 33.1 Å². The van der Waals surface area contributed by atoms with E-state index >= 15 is 0 Å². The maximum Gasteiger partial charge on any atom is 0.253 e. The van der Waals surface area contributed by atoms with E-state index in [1.807, 2.05) is 0 Å². The summed E-state index contributed by atoms with van der Waals surface area (Å²) in [7, 11) is 0. The Labute approximate surface area is 139 Å². The van der Waals surface area contributed by atoms with Gasteiger partial charge >= 0.3 is 0 Å². The molecule has 0 spiro atoms. The van der Waals surface area contributed by atoms with Gasteiger partial charge in [0.2, 0.25) is 0 Å². The lowest BCUT2D eigenvalue weighted by Crippen LogP contribution is -2.42. The highest BCUT2D eigenvalue weighted by molar-refractivity contribution is 5.81. The summed E-state index contributed by atoms with van der Waals surface area (Å²) in [5.41, 5.74) is 5.94. The smallest absolute Gasteiger partial charge is 0.253 e. The monoisotopic (exact) mass is 343 g/mol. The number of nitrogens with zero attached hydrogens (tertiary/aromatic N) is 4. The first-order valence-corrected chi connectivity index (χ1v) is 7.66. The second-order valence-corrected chi connectivity index (χ2v) is 6.10. The fourth-order valence-corrected chi connectivity index (χ4v) is 3.45. The molecule has 0 radical (unpaired) electrons. The van der Waals surface area contributed by atoms with Crippen molar-refractivity contribution >= 4 is 28.4 Å². The SMILES string of the molecule is Nc1ncnc2c1ncn2C1OC2CNc3c(c(=O)c3=O)NC2C1O. The standard InChI is InChI=1S/C14H13N7O4/c15-12-8-13(18-2-17-12)21(3-19-8)14-11(24)5-4(25-14)1-16-6-7(20-5)10(23)9(6)22/h2-5,11,14,16,20,24H,1H2,(H2,15,17,18). The lowest BCUT2D eigenvalue weighted by molar-refractivity contribution is -0.0311. The Morgan fingerprint density at radius 1 is 1.24 bits per heavy atom. The number of anilines is 3. The van der Waals surface area contributed by atoms with Gasteiger partial charge in [-0.25, -0.2) is 15.0 Å². The second kappa shape index (κ2) is 4.74. The molecule has 0 amide bonds. The molecule has 128 valence electrons. The fourth-order valence-electron chi connectivity index (χ4n) is 3.45. The van der Waals surface area contributed by atoms with Crippen LogP contribution in [0.15, 0.2) is 22.2 Å². The Bertz CT molecular complexity index is 1070. The number of aliphatic hydroxyl groups is 1. The van der Waals surface area contributed by atoms with Crippen molar-refractivity contribution in [3.63, 3.8) is 0 Å². The van der Waals surface area contributed by atoms with E-state index in [9.17, 15) is 14.7 Å². The summed E-state index contributed by atoms with van der Waals surface area (Å²) < 4.78 is 7.52. The number of aromatic nitrogens is 4. The second-order valence-electron chi connectivity index (χ2n) is 6.10. The number of rotatable bonds is 1. The molecular weight excluding hydrogens is 330 g/mol. The van der Waals surface area contributed by atoms with Crippen molar-refractivity contribution < 1.29 is 9.84 Å². The zero-order valence-electron chi connectivity index (χ0n) is 12.7. The molecule has 1 saturated heterocycles. The van der Waals surface area contributed by atoms with Crippen molar-refractivity contribution in [3.8, 4) is 0 Å². The van der Waals surface area contributed by atoms with Crippen LogP contribution < -0.4 is 27.2 Å². The van der Waals surface area contributed by atoms with E-state index in [1.54, 1.807) is 4.57 Å². The summed E-state index contributed by atoms with van der Waals surface area (Å²) in [4.78, 5) is 35.4. The van der Waals surface area contributed by atoms with Gasteiger partial charge in [0.05, 0.1) is 12.4 Å². The number of hydrogen-bond acceptors (Lipinski definition) is 10. The molecule has 5 N–H and O–H groups in total. The molecule has 25 heavy (non-hydrogen) atoms. The highest BCUT2D eigenvalue weighted by Crippen LogP contribution is 2.35. The minimum Gasteiger partial charge on any atom is -0.386 e. The Morgan fingerprint density at radius 3 is 2.88 bits per heavy atom. The Hall–Kier alpha value is -3.05. The van der Waals surface area contributed by atoms with Gasteiger partial charge in [0.25, 0.3) is 10.9 Å². The van der Waals surface area contributed by atoms with Crippen LogP contribution in [0.2, 0.25) is 0 Å². The third kappa shape index (κ3) is 1.78. The fraction of sp³-hybridized carbons (Fsp3) is 0.357. The average molecular weight is 343 g/mol. The molecule has 4 heterocycles. The van der Waals surface area contributed by atoms with Crippen LogP contribution >= 0.6 is 0 Å². The molecule has 2 aromatic heterocycles. The van der Waals surface area contributed by atoms with Crippen molar-refractivity contribution in [2.75, 3.05) is 22.9 Å². The topological polar surface area (TPSA) is 157 Å². The third-order valence-corrected chi connectivity index (χ3v) is 4.74. The van der Waals surface area contributed by atoms with Crippen LogP contribution in [0.3, 0.4) is 0 Å². The maximum absolute atomic E-state index is 11.7. The van der Waals surface area contributed by atoms with E-state index in [4.69, 9.17) is 10.5 Å². The van der Waals surface area contributed by atoms with E-state index in [0.717, 1.165) is 0 Å². The first-order valence-electron chi connectivity index (χ1n) is 7.66. The van der Waals surface area contributed by atoms with Crippen molar-refractivity contribution in [2.24, 2.45) is 0 Å². The molecule has 11 heteroatoms. The van der Waals surface area contributed by atoms with Gasteiger partial charge in [-0.05, 0) is 0 Å². The molecule has 0 aliphatic carbocycles. The summed E-state index contributed by atoms with van der Waals surface area (Å²) in [6, 6.07) is -0.557. The minimum absolute atomic E-state index is 0.197. The van der Waals surface area contributed by atoms with Gasteiger partial charge in [-0.1, -0.05) is 0 Å². The lowest BCUT2D eigenvalue weighted by Gasteiger charge is -2.21. The van der Waals surface area contributed by atoms with Crippen LogP contribution in [-0.2, 0) is 4.74 Å². The molecule has 5 rings (SSSR count). The van der Waals surface area contributed by atoms with Gasteiger partial charge in [-0.15, -0.1) is 0 Å². The quantitative estimate of drug-likeness (QED) is 0.370. The maximum atomic E-state index is 11.7. The van der Waals surface area contributed by atoms with Gasteiger partial charge in [0, 0.05) is 6.54 Å². The molecule has 2 aliphatic heterocycles. The number of fused-ring (bicyclic) bond motifs is 3. The highest BCUT2D eigenvalue weighted by atomic mass is 16.5. The molecular formula is C14H13N7O4. The number of imidazole rings is 1. The predicted molar refractivity (Wildman–Crippen MR) is 86.9 cm³/mol. The Balaban J connectivity index is 1.52. The molecule has 1 fully saturated rings. The zero-order valence-corrected chi connectivity index (χ0v) is 12.7. The number of nitrogens with two attached hydrogens (primary N) is 1. The van der Waals surface area contributed by atoms with E-state index in [2.05, 4.69) is 25.6 Å². The van der Waals surface area contributed by atoms with Crippen molar-refractivity contribution in [2.45, 2.75) is 24.5 Å². The minimum atomic E-state index is -0.990. The van der Waals surface area contributed by atoms with E-state index in [0.29, 0.717) is 11.2 Å². The Morgan fingerprint density at radius 2 is 2.04 bits per heavy atom. The molecule has 4 unspecified atom stereocenters. The molecule has 11 nitrogen and oxygen atoms in total. The summed E-state index contributed by atoms with van der Waals surface area (Å²) >= 11 is 0. The van der Waals surface area contributed by atoms with Crippen LogP contribution in [-0.4, -0.2) is 49.4 Å². The molecule has 2 aliphatic rings. The van der Waals surface area contributed by atoms with Crippen molar-refractivity contribution in [1.82, 2.24) is 19.5 Å². The third-order valence-electron chi connectivity index (χ3n) is 4.74. The van der Waals surface area contributed by atoms with Gasteiger partial charge in [0.15, 0.2) is 17.7 Å². The molecule has 0 bridgehead atoms. The van der Waals surface area contributed by atoms with Gasteiger partial charge in [-0.3, -0.25) is 14.2 Å². The number of aliphatic hydroxyl groups excluding tert-OH is 1. The largest absolute Gasteiger partial charge is 0.386 e. The number of ether oxygens (including phenoxy) is 1. The summed E-state index contributed by atoms with van der Waals surface area (Å²) in [6.07, 6.45) is 0.575. The first kappa shape index (κ1) is 14.3. The highest BCUT2D eigenvalue weighted by Gasteiger charge is 2.47. The van der Waals surface area contributed by atoms with E-state index < -0.39 is 35.3 Å². The van der Waals surface area contributed by atoms with Crippen LogP contribution in [0, 0.1) is 0 Å². The average Bonchev–Trinajstić information content (AvgIpc) is 3.11. The first-order chi connectivity index (χ1) is 12.1. The van der Waals surface area contributed by atoms with Crippen LogP contribution in [0.25, 0.3) is 11.2 Å². The predicted octanol–water partition coefficient (Wildman–Crippen LogP) is -1.83. The van der Waals surface area contributed by atoms with Gasteiger partial charge < -0.3 is 26.2 Å². The summed E-state index contributed by atoms with van der Waals surface area (Å²) in [5, 5.41) is 16.6. The zero-order chi connectivity index (χ0) is 17.3. The van der Waals surface area contributed by atoms with E-state index in [1.165, 1.54) is 12.7 Å². The van der Waals surface area contributed by atoms with Gasteiger partial charge in [-0.2, -0.15) is 0 Å². The Kier molecular flexibility index (Phi) is 2.71. The van der Waals surface area contributed by atoms with Gasteiger partial charge in [0.1, 0.15) is 35.4 Å². The summed E-state index contributed by atoms with van der Waals surface area (Å²) in [5.74, 6) is 0.235. The van der Waals surface area contributed by atoms with Crippen LogP contribution in [0.5, 0.6) is 0 Å². The van der Waals surface area contributed by atoms with Crippen molar-refractivity contribution in [1.29, 1.82) is 0 Å². The number of nitrogen functional groups attached to an aromatic ring is 1. The van der Waals surface area contributed by atoms with Crippen LogP contribution in [0.4, 0.5) is 17.2 Å². The number of nitrogens with one attached hydrogen (secondary N) is 2. The molecule has 1 aromatic carbocycles. The lowest BCUT2D eigenvalue weighted by atomic mass is 10.1. The molecule has 4 atom stereocenters. The number of hydrogen-bond donors (Lipinski definition) is 4. The molecule has 0 saturated carbocycles. The van der Waals surface area contributed by atoms with E-state index in [-0.39, 0.29) is 23.7 Å². The summed E-state index contributed by atoms with van der Waals surface area (Å²) in [6.45, 7) is 0.285. The van der Waals surface area contributed by atoms with Crippen LogP contribution in [0.1, 0.15) is 6.23 Å².